The molecule has 0 radical (unpaired) electrons. The molecule has 174 valence electrons. The minimum atomic E-state index is -0.347. The molecule has 4 heterocycles. The van der Waals surface area contributed by atoms with Crippen LogP contribution in [0.3, 0.4) is 0 Å². The Morgan fingerprint density at radius 1 is 1.15 bits per heavy atom. The van der Waals surface area contributed by atoms with Gasteiger partial charge in [-0.25, -0.2) is 9.37 Å². The summed E-state index contributed by atoms with van der Waals surface area (Å²) in [6.45, 7) is 1.76. The average molecular weight is 478 g/mol. The van der Waals surface area contributed by atoms with Crippen LogP contribution in [0.15, 0.2) is 58.8 Å². The fourth-order valence-electron chi connectivity index (χ4n) is 4.29. The van der Waals surface area contributed by atoms with Gasteiger partial charge in [-0.05, 0) is 31.0 Å². The zero-order valence-electron chi connectivity index (χ0n) is 18.5. The first-order valence-electron chi connectivity index (χ1n) is 11.3. The second-order valence-corrected chi connectivity index (χ2v) is 9.20. The smallest absolute Gasteiger partial charge is 0.270 e. The van der Waals surface area contributed by atoms with Gasteiger partial charge in [-0.15, -0.1) is 11.3 Å². The normalized spacial score (nSPS) is 14.4. The van der Waals surface area contributed by atoms with E-state index in [0.29, 0.717) is 66.2 Å². The number of piperidine rings is 1. The van der Waals surface area contributed by atoms with Crippen LogP contribution < -0.4 is 15.8 Å². The van der Waals surface area contributed by atoms with E-state index >= 15 is 0 Å². The first kappa shape index (κ1) is 22.2. The van der Waals surface area contributed by atoms with E-state index in [-0.39, 0.29) is 23.2 Å². The number of fused-ring (bicyclic) bond motifs is 1. The van der Waals surface area contributed by atoms with Gasteiger partial charge in [0.25, 0.3) is 5.56 Å². The van der Waals surface area contributed by atoms with Gasteiger partial charge in [-0.2, -0.15) is 0 Å². The Kier molecular flexibility index (Phi) is 6.35. The van der Waals surface area contributed by atoms with Crippen LogP contribution >= 0.6 is 11.3 Å². The monoisotopic (exact) mass is 477 g/mol. The van der Waals surface area contributed by atoms with Gasteiger partial charge in [0.2, 0.25) is 11.9 Å². The Morgan fingerprint density at radius 3 is 2.71 bits per heavy atom. The SMILES string of the molecule is O=C(NCCc1ccccn1)C1CCN(c2nc3c(-c4ccccc4F)csc3c(=O)[nH]2)CC1. The van der Waals surface area contributed by atoms with E-state index in [2.05, 4.69) is 15.3 Å². The molecule has 0 unspecified atom stereocenters. The Labute approximate surface area is 199 Å². The molecule has 4 aromatic rings. The molecule has 9 heteroatoms. The van der Waals surface area contributed by atoms with E-state index in [1.165, 1.54) is 17.4 Å². The first-order chi connectivity index (χ1) is 16.6. The number of aromatic amines is 1. The Bertz CT molecular complexity index is 1360. The second kappa shape index (κ2) is 9.72. The number of rotatable bonds is 6. The molecular formula is C25H24FN5O2S. The van der Waals surface area contributed by atoms with Crippen LogP contribution in [0.5, 0.6) is 0 Å². The largest absolute Gasteiger partial charge is 0.355 e. The van der Waals surface area contributed by atoms with Crippen molar-refractivity contribution in [3.05, 3.63) is 75.9 Å². The highest BCUT2D eigenvalue weighted by atomic mass is 32.1. The van der Waals surface area contributed by atoms with Crippen molar-refractivity contribution < 1.29 is 9.18 Å². The summed E-state index contributed by atoms with van der Waals surface area (Å²) in [6.07, 6.45) is 3.78. The molecular weight excluding hydrogens is 453 g/mol. The fraction of sp³-hybridized carbons (Fsp3) is 0.280. The number of nitrogens with zero attached hydrogens (tertiary/aromatic N) is 3. The zero-order chi connectivity index (χ0) is 23.5. The van der Waals surface area contributed by atoms with Gasteiger partial charge in [-0.3, -0.25) is 19.6 Å². The summed E-state index contributed by atoms with van der Waals surface area (Å²) in [7, 11) is 0. The van der Waals surface area contributed by atoms with Gasteiger partial charge in [-0.1, -0.05) is 24.3 Å². The molecule has 1 saturated heterocycles. The summed E-state index contributed by atoms with van der Waals surface area (Å²) >= 11 is 1.26. The molecule has 5 rings (SSSR count). The molecule has 0 saturated carbocycles. The molecule has 0 atom stereocenters. The predicted molar refractivity (Wildman–Crippen MR) is 132 cm³/mol. The minimum absolute atomic E-state index is 0.0483. The van der Waals surface area contributed by atoms with E-state index in [1.54, 1.807) is 29.8 Å². The van der Waals surface area contributed by atoms with Crippen LogP contribution in [0, 0.1) is 11.7 Å². The van der Waals surface area contributed by atoms with Crippen molar-refractivity contribution in [3.63, 3.8) is 0 Å². The molecule has 1 fully saturated rings. The maximum Gasteiger partial charge on any atom is 0.270 e. The molecule has 1 aliphatic rings. The number of pyridine rings is 1. The number of amides is 1. The summed E-state index contributed by atoms with van der Waals surface area (Å²) < 4.78 is 14.9. The summed E-state index contributed by atoms with van der Waals surface area (Å²) in [5.74, 6) is 0.0842. The maximum absolute atomic E-state index is 14.4. The Balaban J connectivity index is 1.26. The first-order valence-corrected chi connectivity index (χ1v) is 12.2. The molecule has 0 bridgehead atoms. The van der Waals surface area contributed by atoms with Crippen LogP contribution in [0.1, 0.15) is 18.5 Å². The van der Waals surface area contributed by atoms with Crippen LogP contribution in [-0.4, -0.2) is 40.5 Å². The number of hydrogen-bond donors (Lipinski definition) is 2. The van der Waals surface area contributed by atoms with Crippen LogP contribution in [-0.2, 0) is 11.2 Å². The zero-order valence-corrected chi connectivity index (χ0v) is 19.3. The van der Waals surface area contributed by atoms with Crippen molar-refractivity contribution in [1.82, 2.24) is 20.3 Å². The number of nitrogens with one attached hydrogen (secondary N) is 2. The number of carbonyl (C=O) groups is 1. The number of benzene rings is 1. The molecule has 1 amide bonds. The number of carbonyl (C=O) groups excluding carboxylic acids is 1. The molecule has 3 aromatic heterocycles. The summed E-state index contributed by atoms with van der Waals surface area (Å²) in [5, 5.41) is 4.79. The van der Waals surface area contributed by atoms with Crippen molar-refractivity contribution >= 4 is 33.4 Å². The number of halogens is 1. The summed E-state index contributed by atoms with van der Waals surface area (Å²) in [4.78, 5) is 39.1. The van der Waals surface area contributed by atoms with Crippen molar-refractivity contribution in [3.8, 4) is 11.1 Å². The van der Waals surface area contributed by atoms with E-state index in [0.717, 1.165) is 5.69 Å². The molecule has 0 aliphatic carbocycles. The molecule has 1 aliphatic heterocycles. The van der Waals surface area contributed by atoms with Gasteiger partial charge in [0.1, 0.15) is 10.5 Å². The van der Waals surface area contributed by atoms with Crippen molar-refractivity contribution in [2.75, 3.05) is 24.5 Å². The van der Waals surface area contributed by atoms with E-state index in [1.807, 2.05) is 23.1 Å². The summed E-state index contributed by atoms with van der Waals surface area (Å²) in [6, 6.07) is 12.2. The number of aromatic nitrogens is 3. The van der Waals surface area contributed by atoms with Crippen molar-refractivity contribution in [1.29, 1.82) is 0 Å². The molecule has 7 nitrogen and oxygen atoms in total. The number of H-pyrrole nitrogens is 1. The minimum Gasteiger partial charge on any atom is -0.355 e. The van der Waals surface area contributed by atoms with Gasteiger partial charge >= 0.3 is 0 Å². The van der Waals surface area contributed by atoms with Gasteiger partial charge in [0, 0.05) is 60.4 Å². The predicted octanol–water partition coefficient (Wildman–Crippen LogP) is 3.76. The average Bonchev–Trinajstić information content (AvgIpc) is 3.29. The molecule has 2 N–H and O–H groups in total. The van der Waals surface area contributed by atoms with E-state index < -0.39 is 0 Å². The van der Waals surface area contributed by atoms with Crippen LogP contribution in [0.2, 0.25) is 0 Å². The van der Waals surface area contributed by atoms with E-state index in [9.17, 15) is 14.0 Å². The third-order valence-corrected chi connectivity index (χ3v) is 7.12. The number of thiophene rings is 1. The standard InChI is InChI=1S/C25H24FN5O2S/c26-20-7-2-1-6-18(20)19-15-34-22-21(19)29-25(30-24(22)33)31-13-9-16(10-14-31)23(32)28-12-8-17-5-3-4-11-27-17/h1-7,11,15-16H,8-10,12-14H2,(H,28,32)(H,29,30,33). The summed E-state index contributed by atoms with van der Waals surface area (Å²) in [5.41, 5.74) is 2.27. The lowest BCUT2D eigenvalue weighted by Gasteiger charge is -2.31. The lowest BCUT2D eigenvalue weighted by atomic mass is 9.96. The van der Waals surface area contributed by atoms with Gasteiger partial charge in [0.15, 0.2) is 0 Å². The van der Waals surface area contributed by atoms with Crippen molar-refractivity contribution in [2.24, 2.45) is 5.92 Å². The number of anilines is 1. The van der Waals surface area contributed by atoms with Crippen LogP contribution in [0.25, 0.3) is 21.3 Å². The molecule has 1 aromatic carbocycles. The highest BCUT2D eigenvalue weighted by Gasteiger charge is 2.26. The van der Waals surface area contributed by atoms with Gasteiger partial charge in [0.05, 0.1) is 5.52 Å². The second-order valence-electron chi connectivity index (χ2n) is 8.32. The third-order valence-electron chi connectivity index (χ3n) is 6.15. The maximum atomic E-state index is 14.4. The topological polar surface area (TPSA) is 91.0 Å². The van der Waals surface area contributed by atoms with Crippen LogP contribution in [0.4, 0.5) is 10.3 Å². The fourth-order valence-corrected chi connectivity index (χ4v) is 5.19. The van der Waals surface area contributed by atoms with Gasteiger partial charge < -0.3 is 10.2 Å². The Hall–Kier alpha value is -3.59. The third kappa shape index (κ3) is 4.56. The van der Waals surface area contributed by atoms with E-state index in [4.69, 9.17) is 4.98 Å². The quantitative estimate of drug-likeness (QED) is 0.441. The lowest BCUT2D eigenvalue weighted by Crippen LogP contribution is -2.42. The lowest BCUT2D eigenvalue weighted by molar-refractivity contribution is -0.125. The van der Waals surface area contributed by atoms with Crippen molar-refractivity contribution in [2.45, 2.75) is 19.3 Å². The highest BCUT2D eigenvalue weighted by Crippen LogP contribution is 2.33. The molecule has 0 spiro atoms. The molecule has 34 heavy (non-hydrogen) atoms. The Morgan fingerprint density at radius 2 is 1.94 bits per heavy atom. The number of hydrogen-bond acceptors (Lipinski definition) is 6. The highest BCUT2D eigenvalue weighted by molar-refractivity contribution is 7.17.